The minimum Gasteiger partial charge on any atom is -0.493 e. The van der Waals surface area contributed by atoms with Gasteiger partial charge in [-0.25, -0.2) is 5.01 Å². The molecule has 42 heavy (non-hydrogen) atoms. The van der Waals surface area contributed by atoms with Crippen LogP contribution in [0.2, 0.25) is 0 Å². The van der Waals surface area contributed by atoms with Crippen LogP contribution in [0.5, 0.6) is 17.2 Å². The second kappa shape index (κ2) is 13.7. The minimum atomic E-state index is -0.163. The average Bonchev–Trinajstić information content (AvgIpc) is 3.52. The molecule has 3 aromatic rings. The Morgan fingerprint density at radius 1 is 1.17 bits per heavy atom. The number of hydrazine groups is 1. The molecule has 10 heteroatoms. The maximum absolute atomic E-state index is 12.8. The summed E-state index contributed by atoms with van der Waals surface area (Å²) < 4.78 is 17.5. The lowest BCUT2D eigenvalue weighted by molar-refractivity contribution is 0.0777. The van der Waals surface area contributed by atoms with Crippen molar-refractivity contribution in [1.29, 1.82) is 5.26 Å². The van der Waals surface area contributed by atoms with Crippen LogP contribution in [0.3, 0.4) is 0 Å². The predicted molar refractivity (Wildman–Crippen MR) is 162 cm³/mol. The monoisotopic (exact) mass is 572 g/mol. The molecule has 2 saturated heterocycles. The van der Waals surface area contributed by atoms with E-state index in [4.69, 9.17) is 14.2 Å². The summed E-state index contributed by atoms with van der Waals surface area (Å²) in [7, 11) is 1.63. The van der Waals surface area contributed by atoms with Crippen molar-refractivity contribution in [3.63, 3.8) is 0 Å². The molecule has 2 fully saturated rings. The van der Waals surface area contributed by atoms with Crippen molar-refractivity contribution in [2.75, 3.05) is 57.9 Å². The van der Waals surface area contributed by atoms with Gasteiger partial charge in [0.2, 0.25) is 0 Å². The second-order valence-corrected chi connectivity index (χ2v) is 11.1. The molecule has 3 heterocycles. The highest BCUT2D eigenvalue weighted by atomic mass is 16.5. The van der Waals surface area contributed by atoms with Gasteiger partial charge in [-0.05, 0) is 82.4 Å². The Kier molecular flexibility index (Phi) is 9.62. The molecule has 0 bridgehead atoms. The van der Waals surface area contributed by atoms with Crippen LogP contribution < -0.4 is 29.9 Å². The number of anilines is 1. The fourth-order valence-electron chi connectivity index (χ4n) is 5.60. The van der Waals surface area contributed by atoms with Gasteiger partial charge in [-0.15, -0.1) is 0 Å². The third kappa shape index (κ3) is 7.04. The van der Waals surface area contributed by atoms with Crippen LogP contribution in [0, 0.1) is 17.2 Å². The molecule has 1 aromatic heterocycles. The summed E-state index contributed by atoms with van der Waals surface area (Å²) in [5.74, 6) is 2.59. The molecule has 0 saturated carbocycles. The molecule has 1 unspecified atom stereocenters. The summed E-state index contributed by atoms with van der Waals surface area (Å²) in [5, 5.41) is 16.1. The second-order valence-electron chi connectivity index (χ2n) is 11.1. The van der Waals surface area contributed by atoms with Crippen LogP contribution in [0.1, 0.15) is 49.0 Å². The van der Waals surface area contributed by atoms with E-state index in [-0.39, 0.29) is 12.0 Å². The van der Waals surface area contributed by atoms with Gasteiger partial charge in [0.15, 0.2) is 11.5 Å². The third-order valence-electron chi connectivity index (χ3n) is 7.77. The van der Waals surface area contributed by atoms with Crippen LogP contribution in [-0.2, 0) is 0 Å². The van der Waals surface area contributed by atoms with Crippen LogP contribution in [0.25, 0.3) is 10.9 Å². The van der Waals surface area contributed by atoms with Gasteiger partial charge in [0.1, 0.15) is 11.8 Å². The number of nitrogens with one attached hydrogen (secondary N) is 2. The van der Waals surface area contributed by atoms with Crippen LogP contribution in [0.4, 0.5) is 5.69 Å². The molecule has 1 amide bonds. The number of fused-ring (bicyclic) bond motifs is 1. The van der Waals surface area contributed by atoms with Gasteiger partial charge < -0.3 is 24.4 Å². The van der Waals surface area contributed by atoms with Crippen molar-refractivity contribution in [2.45, 2.75) is 39.2 Å². The molecular formula is C32H40N6O4. The number of piperazine rings is 1. The lowest BCUT2D eigenvalue weighted by Crippen LogP contribution is -2.53. The average molecular weight is 573 g/mol. The molecule has 0 radical (unpaired) electrons. The molecule has 0 spiro atoms. The first-order valence-electron chi connectivity index (χ1n) is 14.8. The van der Waals surface area contributed by atoms with E-state index in [2.05, 4.69) is 26.7 Å². The highest BCUT2D eigenvalue weighted by Gasteiger charge is 2.24. The summed E-state index contributed by atoms with van der Waals surface area (Å²) in [4.78, 5) is 19.6. The number of carbonyl (C=O) groups is 1. The van der Waals surface area contributed by atoms with E-state index in [9.17, 15) is 10.1 Å². The molecule has 2 N–H and O–H groups in total. The largest absolute Gasteiger partial charge is 0.493 e. The van der Waals surface area contributed by atoms with E-state index in [0.717, 1.165) is 54.2 Å². The van der Waals surface area contributed by atoms with Crippen molar-refractivity contribution in [1.82, 2.24) is 20.7 Å². The van der Waals surface area contributed by atoms with Gasteiger partial charge in [-0.3, -0.25) is 15.2 Å². The maximum atomic E-state index is 12.8. The Morgan fingerprint density at radius 3 is 2.62 bits per heavy atom. The molecule has 5 rings (SSSR count). The number of benzene rings is 2. The van der Waals surface area contributed by atoms with Crippen molar-refractivity contribution in [2.24, 2.45) is 5.92 Å². The normalized spacial score (nSPS) is 17.3. The smallest absolute Gasteiger partial charge is 0.265 e. The summed E-state index contributed by atoms with van der Waals surface area (Å²) >= 11 is 0. The number of nitrogens with zero attached hydrogens (tertiary/aromatic N) is 4. The van der Waals surface area contributed by atoms with Gasteiger partial charge in [-0.2, -0.15) is 5.26 Å². The van der Waals surface area contributed by atoms with Gasteiger partial charge in [-0.1, -0.05) is 0 Å². The Balaban J connectivity index is 1.24. The fraction of sp³-hybridized carbons (Fsp3) is 0.469. The maximum Gasteiger partial charge on any atom is 0.265 e. The first-order valence-corrected chi connectivity index (χ1v) is 14.8. The summed E-state index contributed by atoms with van der Waals surface area (Å²) in [6.07, 6.45) is 5.06. The van der Waals surface area contributed by atoms with Crippen molar-refractivity contribution >= 4 is 22.5 Å². The summed E-state index contributed by atoms with van der Waals surface area (Å²) in [6.45, 7) is 9.21. The third-order valence-corrected chi connectivity index (χ3v) is 7.77. The van der Waals surface area contributed by atoms with E-state index in [1.807, 2.05) is 43.1 Å². The van der Waals surface area contributed by atoms with Gasteiger partial charge >= 0.3 is 0 Å². The number of aromatic nitrogens is 1. The molecular weight excluding hydrogens is 532 g/mol. The number of hydrogen-bond donors (Lipinski definition) is 2. The van der Waals surface area contributed by atoms with Gasteiger partial charge in [0.05, 0.1) is 36.6 Å². The van der Waals surface area contributed by atoms with Crippen molar-refractivity contribution in [3.05, 3.63) is 53.7 Å². The van der Waals surface area contributed by atoms with E-state index in [1.54, 1.807) is 25.4 Å². The number of nitriles is 1. The lowest BCUT2D eigenvalue weighted by atomic mass is 10.0. The molecule has 1 atom stereocenters. The fourth-order valence-corrected chi connectivity index (χ4v) is 5.60. The molecule has 222 valence electrons. The molecule has 2 aliphatic rings. The summed E-state index contributed by atoms with van der Waals surface area (Å²) in [6, 6.07) is 13.3. The Morgan fingerprint density at radius 2 is 1.95 bits per heavy atom. The van der Waals surface area contributed by atoms with Crippen LogP contribution in [-0.4, -0.2) is 75.0 Å². The zero-order valence-electron chi connectivity index (χ0n) is 24.7. The predicted octanol–water partition coefficient (Wildman–Crippen LogP) is 4.14. The number of amides is 1. The van der Waals surface area contributed by atoms with E-state index in [1.165, 1.54) is 6.42 Å². The highest BCUT2D eigenvalue weighted by Crippen LogP contribution is 2.38. The SMILES string of the molecule is COc1cc2c(N3CCN(NC(=O)c4ccc(OC(C)C)cc4)CC3)c(C#N)cnc2cc1OCCCC1CCNC1. The Hall–Kier alpha value is -4.07. The van der Waals surface area contributed by atoms with E-state index in [0.29, 0.717) is 55.4 Å². The lowest BCUT2D eigenvalue weighted by Gasteiger charge is -2.36. The number of pyridine rings is 1. The number of rotatable bonds is 11. The van der Waals surface area contributed by atoms with Gasteiger partial charge in [0, 0.05) is 49.4 Å². The van der Waals surface area contributed by atoms with Gasteiger partial charge in [0.25, 0.3) is 5.91 Å². The Labute approximate surface area is 247 Å². The molecule has 2 aliphatic heterocycles. The van der Waals surface area contributed by atoms with E-state index < -0.39 is 0 Å². The molecule has 2 aromatic carbocycles. The number of ether oxygens (including phenoxy) is 3. The van der Waals surface area contributed by atoms with Crippen LogP contribution in [0.15, 0.2) is 42.6 Å². The van der Waals surface area contributed by atoms with E-state index >= 15 is 0 Å². The van der Waals surface area contributed by atoms with Crippen molar-refractivity contribution in [3.8, 4) is 23.3 Å². The molecule has 10 nitrogen and oxygen atoms in total. The minimum absolute atomic E-state index is 0.0746. The topological polar surface area (TPSA) is 112 Å². The van der Waals surface area contributed by atoms with Crippen LogP contribution >= 0.6 is 0 Å². The molecule has 0 aliphatic carbocycles. The first kappa shape index (κ1) is 29.4. The number of carbonyl (C=O) groups excluding carboxylic acids is 1. The quantitative estimate of drug-likeness (QED) is 0.328. The zero-order chi connectivity index (χ0) is 29.5. The number of hydrogen-bond acceptors (Lipinski definition) is 9. The zero-order valence-corrected chi connectivity index (χ0v) is 24.7. The number of methoxy groups -OCH3 is 1. The Bertz CT molecular complexity index is 1410. The van der Waals surface area contributed by atoms with Crippen molar-refractivity contribution < 1.29 is 19.0 Å². The summed E-state index contributed by atoms with van der Waals surface area (Å²) in [5.41, 5.74) is 5.66. The first-order chi connectivity index (χ1) is 20.4. The highest BCUT2D eigenvalue weighted by molar-refractivity contribution is 5.97. The standard InChI is InChI=1S/C32H40N6O4/c1-22(2)42-26-8-6-24(7-9-26)32(39)36-38-14-12-37(13-15-38)31-25(19-33)21-35-28-18-30(29(40-3)17-27(28)31)41-16-4-5-23-10-11-34-20-23/h6-9,17-18,21-23,34H,4-5,10-16,20H2,1-3H3,(H,36,39).